The maximum atomic E-state index is 12.4. The van der Waals surface area contributed by atoms with E-state index in [-0.39, 0.29) is 17.8 Å². The smallest absolute Gasteiger partial charge is 0.236 e. The zero-order valence-electron chi connectivity index (χ0n) is 17.9. The first-order chi connectivity index (χ1) is 15.6. The van der Waals surface area contributed by atoms with Gasteiger partial charge in [-0.3, -0.25) is 4.79 Å². The molecule has 0 saturated carbocycles. The fourth-order valence-corrected chi connectivity index (χ4v) is 4.82. The van der Waals surface area contributed by atoms with Crippen molar-refractivity contribution in [3.63, 3.8) is 0 Å². The summed E-state index contributed by atoms with van der Waals surface area (Å²) in [6.07, 6.45) is -0.304. The van der Waals surface area contributed by atoms with Gasteiger partial charge in [-0.05, 0) is 50.2 Å². The standard InChI is InChI=1S/C22H23N5O3S2/c1-4-27-20(14(2)30-16-11-9-15(29-3)10-12-16)25-26-22(27)31-13-19(28)24-21-23-17-7-5-6-8-18(17)32-21/h5-12,14H,4,13H2,1-3H3,(H,23,24,28). The Hall–Kier alpha value is -3.11. The van der Waals surface area contributed by atoms with Crippen LogP contribution in [0.2, 0.25) is 0 Å². The Labute approximate surface area is 194 Å². The number of nitrogens with zero attached hydrogens (tertiary/aromatic N) is 4. The maximum absolute atomic E-state index is 12.4. The Bertz CT molecular complexity index is 1170. The van der Waals surface area contributed by atoms with E-state index in [1.807, 2.05) is 66.9 Å². The first-order valence-corrected chi connectivity index (χ1v) is 11.9. The first kappa shape index (κ1) is 22.1. The van der Waals surface area contributed by atoms with Crippen molar-refractivity contribution in [2.24, 2.45) is 0 Å². The van der Waals surface area contributed by atoms with Crippen molar-refractivity contribution in [1.29, 1.82) is 0 Å². The molecule has 1 atom stereocenters. The molecule has 0 aliphatic heterocycles. The highest BCUT2D eigenvalue weighted by Crippen LogP contribution is 2.27. The third-order valence-corrected chi connectivity index (χ3v) is 6.59. The summed E-state index contributed by atoms with van der Waals surface area (Å²) in [6, 6.07) is 15.2. The van der Waals surface area contributed by atoms with Gasteiger partial charge in [-0.2, -0.15) is 0 Å². The van der Waals surface area contributed by atoms with E-state index in [4.69, 9.17) is 9.47 Å². The molecule has 2 aromatic carbocycles. The predicted octanol–water partition coefficient (Wildman–Crippen LogP) is 4.79. The molecule has 2 heterocycles. The van der Waals surface area contributed by atoms with E-state index >= 15 is 0 Å². The summed E-state index contributed by atoms with van der Waals surface area (Å²) in [7, 11) is 1.63. The number of fused-ring (bicyclic) bond motifs is 1. The van der Waals surface area contributed by atoms with Crippen molar-refractivity contribution < 1.29 is 14.3 Å². The van der Waals surface area contributed by atoms with Gasteiger partial charge in [0.1, 0.15) is 11.5 Å². The summed E-state index contributed by atoms with van der Waals surface area (Å²) in [5.74, 6) is 2.26. The van der Waals surface area contributed by atoms with Crippen LogP contribution < -0.4 is 14.8 Å². The Morgan fingerprint density at radius 2 is 1.91 bits per heavy atom. The summed E-state index contributed by atoms with van der Waals surface area (Å²) >= 11 is 2.79. The number of hydrogen-bond donors (Lipinski definition) is 1. The third-order valence-electron chi connectivity index (χ3n) is 4.67. The number of benzene rings is 2. The lowest BCUT2D eigenvalue weighted by molar-refractivity contribution is -0.113. The van der Waals surface area contributed by atoms with E-state index in [0.717, 1.165) is 16.0 Å². The van der Waals surface area contributed by atoms with Gasteiger partial charge in [-0.25, -0.2) is 4.98 Å². The van der Waals surface area contributed by atoms with E-state index in [0.29, 0.717) is 28.4 Å². The molecular formula is C22H23N5O3S2. The molecule has 8 nitrogen and oxygen atoms in total. The minimum absolute atomic E-state index is 0.135. The molecule has 1 amide bonds. The first-order valence-electron chi connectivity index (χ1n) is 10.1. The second-order valence-electron chi connectivity index (χ2n) is 6.84. The van der Waals surface area contributed by atoms with Gasteiger partial charge in [-0.15, -0.1) is 10.2 Å². The zero-order valence-corrected chi connectivity index (χ0v) is 19.6. The van der Waals surface area contributed by atoms with Crippen LogP contribution in [0.15, 0.2) is 53.7 Å². The number of amides is 1. The van der Waals surface area contributed by atoms with Gasteiger partial charge in [0.15, 0.2) is 22.2 Å². The summed E-state index contributed by atoms with van der Waals surface area (Å²) in [5.41, 5.74) is 0.877. The molecule has 4 rings (SSSR count). The largest absolute Gasteiger partial charge is 0.497 e. The van der Waals surface area contributed by atoms with Crippen LogP contribution in [0.4, 0.5) is 5.13 Å². The number of methoxy groups -OCH3 is 1. The number of rotatable bonds is 9. The van der Waals surface area contributed by atoms with Crippen LogP contribution in [0, 0.1) is 0 Å². The number of nitrogens with one attached hydrogen (secondary N) is 1. The Balaban J connectivity index is 1.37. The van der Waals surface area contributed by atoms with Crippen LogP contribution in [0.5, 0.6) is 11.5 Å². The van der Waals surface area contributed by atoms with Crippen molar-refractivity contribution in [3.8, 4) is 11.5 Å². The molecule has 0 spiro atoms. The van der Waals surface area contributed by atoms with E-state index in [1.54, 1.807) is 7.11 Å². The van der Waals surface area contributed by atoms with Crippen LogP contribution in [0.1, 0.15) is 25.8 Å². The number of para-hydroxylation sites is 1. The average molecular weight is 470 g/mol. The molecule has 0 bridgehead atoms. The monoisotopic (exact) mass is 469 g/mol. The van der Waals surface area contributed by atoms with Crippen LogP contribution in [0.3, 0.4) is 0 Å². The quantitative estimate of drug-likeness (QED) is 0.353. The lowest BCUT2D eigenvalue weighted by Gasteiger charge is -2.15. The molecule has 1 unspecified atom stereocenters. The molecule has 0 aliphatic carbocycles. The minimum atomic E-state index is -0.304. The fourth-order valence-electron chi connectivity index (χ4n) is 3.13. The lowest BCUT2D eigenvalue weighted by Crippen LogP contribution is -2.15. The highest BCUT2D eigenvalue weighted by Gasteiger charge is 2.20. The fraction of sp³-hybridized carbons (Fsp3) is 0.273. The summed E-state index contributed by atoms with van der Waals surface area (Å²) in [5, 5.41) is 12.7. The van der Waals surface area contributed by atoms with Gasteiger partial charge in [0, 0.05) is 6.54 Å². The Kier molecular flexibility index (Phi) is 6.91. The minimum Gasteiger partial charge on any atom is -0.497 e. The average Bonchev–Trinajstić information content (AvgIpc) is 3.41. The van der Waals surface area contributed by atoms with E-state index in [9.17, 15) is 4.79 Å². The Morgan fingerprint density at radius 1 is 1.16 bits per heavy atom. The number of carbonyl (C=O) groups is 1. The topological polar surface area (TPSA) is 91.2 Å². The van der Waals surface area contributed by atoms with Crippen molar-refractivity contribution in [2.45, 2.75) is 31.7 Å². The molecule has 0 aliphatic rings. The highest BCUT2D eigenvalue weighted by molar-refractivity contribution is 7.99. The van der Waals surface area contributed by atoms with Crippen molar-refractivity contribution in [3.05, 3.63) is 54.4 Å². The second-order valence-corrected chi connectivity index (χ2v) is 8.82. The molecule has 32 heavy (non-hydrogen) atoms. The second kappa shape index (κ2) is 10.0. The molecule has 0 saturated heterocycles. The summed E-state index contributed by atoms with van der Waals surface area (Å²) in [4.78, 5) is 16.9. The predicted molar refractivity (Wildman–Crippen MR) is 127 cm³/mol. The summed E-state index contributed by atoms with van der Waals surface area (Å²) in [6.45, 7) is 4.60. The number of ether oxygens (including phenoxy) is 2. The molecule has 2 aromatic heterocycles. The highest BCUT2D eigenvalue weighted by atomic mass is 32.2. The molecule has 166 valence electrons. The number of thioether (sulfide) groups is 1. The van der Waals surface area contributed by atoms with E-state index in [1.165, 1.54) is 23.1 Å². The van der Waals surface area contributed by atoms with E-state index < -0.39 is 0 Å². The van der Waals surface area contributed by atoms with Crippen LogP contribution in [-0.4, -0.2) is 38.5 Å². The Morgan fingerprint density at radius 3 is 2.62 bits per heavy atom. The van der Waals surface area contributed by atoms with Gasteiger partial charge in [0.2, 0.25) is 5.91 Å². The van der Waals surface area contributed by atoms with Crippen molar-refractivity contribution >= 4 is 44.4 Å². The van der Waals surface area contributed by atoms with Crippen LogP contribution in [-0.2, 0) is 11.3 Å². The molecule has 1 N–H and O–H groups in total. The SMILES string of the molecule is CCn1c(SCC(=O)Nc2nc3ccccc3s2)nnc1C(C)Oc1ccc(OC)cc1. The number of hydrogen-bond acceptors (Lipinski definition) is 8. The summed E-state index contributed by atoms with van der Waals surface area (Å²) < 4.78 is 14.2. The zero-order chi connectivity index (χ0) is 22.5. The van der Waals surface area contributed by atoms with Crippen LogP contribution in [0.25, 0.3) is 10.2 Å². The number of aromatic nitrogens is 4. The molecular weight excluding hydrogens is 446 g/mol. The van der Waals surface area contributed by atoms with Gasteiger partial charge < -0.3 is 19.4 Å². The van der Waals surface area contributed by atoms with Gasteiger partial charge in [0.25, 0.3) is 0 Å². The van der Waals surface area contributed by atoms with Gasteiger partial charge in [0.05, 0.1) is 23.1 Å². The normalized spacial score (nSPS) is 12.0. The molecule has 4 aromatic rings. The molecule has 0 fully saturated rings. The van der Waals surface area contributed by atoms with Crippen molar-refractivity contribution in [2.75, 3.05) is 18.2 Å². The molecule has 10 heteroatoms. The lowest BCUT2D eigenvalue weighted by atomic mass is 10.3. The van der Waals surface area contributed by atoms with Gasteiger partial charge >= 0.3 is 0 Å². The van der Waals surface area contributed by atoms with Crippen molar-refractivity contribution in [1.82, 2.24) is 19.7 Å². The maximum Gasteiger partial charge on any atom is 0.236 e. The van der Waals surface area contributed by atoms with Crippen LogP contribution >= 0.6 is 23.1 Å². The van der Waals surface area contributed by atoms with Gasteiger partial charge in [-0.1, -0.05) is 35.2 Å². The number of thiazole rings is 1. The number of anilines is 1. The molecule has 0 radical (unpaired) electrons. The number of carbonyl (C=O) groups excluding carboxylic acids is 1. The third kappa shape index (κ3) is 5.03. The van der Waals surface area contributed by atoms with E-state index in [2.05, 4.69) is 20.5 Å².